The Morgan fingerprint density at radius 2 is 2.09 bits per heavy atom. The summed E-state index contributed by atoms with van der Waals surface area (Å²) in [4.78, 5) is 14.5. The van der Waals surface area contributed by atoms with Crippen LogP contribution in [0.1, 0.15) is 16.2 Å². The Hall–Kier alpha value is -1.62. The summed E-state index contributed by atoms with van der Waals surface area (Å²) in [6.07, 6.45) is 0. The quantitative estimate of drug-likeness (QED) is 0.651. The lowest BCUT2D eigenvalue weighted by Gasteiger charge is -2.26. The van der Waals surface area contributed by atoms with E-state index in [1.54, 1.807) is 10.7 Å². The normalized spacial score (nSPS) is 15.8. The van der Waals surface area contributed by atoms with Crippen LogP contribution in [0.25, 0.3) is 0 Å². The lowest BCUT2D eigenvalue weighted by atomic mass is 10.3. The van der Waals surface area contributed by atoms with Crippen molar-refractivity contribution in [3.05, 3.63) is 17.5 Å². The molecule has 23 heavy (non-hydrogen) atoms. The smallest absolute Gasteiger partial charge is 0.271 e. The fourth-order valence-electron chi connectivity index (χ4n) is 2.19. The highest BCUT2D eigenvalue weighted by Crippen LogP contribution is 2.04. The number of carbonyl (C=O) groups is 1. The molecule has 6 nitrogen and oxygen atoms in total. The molecule has 0 aromatic carbocycles. The summed E-state index contributed by atoms with van der Waals surface area (Å²) in [6.45, 7) is 11.4. The highest BCUT2D eigenvalue weighted by atomic mass is 28.3. The Kier molecular flexibility index (Phi) is 5.99. The van der Waals surface area contributed by atoms with Gasteiger partial charge in [0.25, 0.3) is 5.91 Å². The van der Waals surface area contributed by atoms with Crippen LogP contribution in [0.3, 0.4) is 0 Å². The molecule has 0 atom stereocenters. The summed E-state index contributed by atoms with van der Waals surface area (Å²) in [5.74, 6) is 3.00. The molecule has 7 heteroatoms. The van der Waals surface area contributed by atoms with Crippen molar-refractivity contribution in [2.24, 2.45) is 7.05 Å². The maximum atomic E-state index is 12.2. The Morgan fingerprint density at radius 3 is 2.74 bits per heavy atom. The minimum Gasteiger partial charge on any atom is -0.379 e. The number of ether oxygens (including phenoxy) is 1. The second kappa shape index (κ2) is 7.77. The minimum atomic E-state index is -1.44. The van der Waals surface area contributed by atoms with E-state index in [2.05, 4.69) is 46.4 Å². The third-order valence-electron chi connectivity index (χ3n) is 3.50. The van der Waals surface area contributed by atoms with E-state index in [4.69, 9.17) is 4.74 Å². The van der Waals surface area contributed by atoms with Crippen molar-refractivity contribution in [2.45, 2.75) is 19.6 Å². The molecule has 0 aliphatic carbocycles. The van der Waals surface area contributed by atoms with Crippen molar-refractivity contribution in [1.82, 2.24) is 20.0 Å². The van der Waals surface area contributed by atoms with Gasteiger partial charge < -0.3 is 10.1 Å². The predicted octanol–water partition coefficient (Wildman–Crippen LogP) is 0.711. The largest absolute Gasteiger partial charge is 0.379 e. The van der Waals surface area contributed by atoms with Gasteiger partial charge in [-0.05, 0) is 0 Å². The van der Waals surface area contributed by atoms with Gasteiger partial charge in [0.2, 0.25) is 0 Å². The molecule has 0 unspecified atom stereocenters. The number of morpholine rings is 1. The van der Waals surface area contributed by atoms with E-state index in [0.717, 1.165) is 38.5 Å². The van der Waals surface area contributed by atoms with Crippen molar-refractivity contribution in [2.75, 3.05) is 39.4 Å². The number of hydrogen-bond acceptors (Lipinski definition) is 4. The van der Waals surface area contributed by atoms with E-state index in [1.165, 1.54) is 0 Å². The average Bonchev–Trinajstić information content (AvgIpc) is 2.87. The van der Waals surface area contributed by atoms with Crippen LogP contribution in [0.2, 0.25) is 19.6 Å². The van der Waals surface area contributed by atoms with Gasteiger partial charge in [0.15, 0.2) is 5.69 Å². The average molecular weight is 334 g/mol. The van der Waals surface area contributed by atoms with Crippen molar-refractivity contribution in [3.63, 3.8) is 0 Å². The van der Waals surface area contributed by atoms with Gasteiger partial charge in [-0.2, -0.15) is 5.10 Å². The fraction of sp³-hybridized carbons (Fsp3) is 0.625. The molecule has 2 rings (SSSR count). The van der Waals surface area contributed by atoms with Gasteiger partial charge in [-0.25, -0.2) is 0 Å². The van der Waals surface area contributed by atoms with Crippen LogP contribution in [-0.4, -0.2) is 68.1 Å². The number of aryl methyl sites for hydroxylation is 1. The molecule has 126 valence electrons. The van der Waals surface area contributed by atoms with Crippen molar-refractivity contribution >= 4 is 14.0 Å². The summed E-state index contributed by atoms with van der Waals surface area (Å²) in [6, 6.07) is 1.76. The molecule has 1 saturated heterocycles. The first-order valence-corrected chi connectivity index (χ1v) is 11.5. The third-order valence-corrected chi connectivity index (χ3v) is 4.37. The highest BCUT2D eigenvalue weighted by Gasteiger charge is 2.14. The number of rotatable bonds is 4. The van der Waals surface area contributed by atoms with Crippen LogP contribution in [0.4, 0.5) is 0 Å². The topological polar surface area (TPSA) is 59.4 Å². The maximum Gasteiger partial charge on any atom is 0.271 e. The molecule has 1 amide bonds. The summed E-state index contributed by atoms with van der Waals surface area (Å²) < 4.78 is 6.98. The molecule has 0 radical (unpaired) electrons. The first kappa shape index (κ1) is 17.7. The van der Waals surface area contributed by atoms with E-state index in [-0.39, 0.29) is 5.91 Å². The number of amides is 1. The van der Waals surface area contributed by atoms with Gasteiger partial charge in [0.1, 0.15) is 13.8 Å². The summed E-state index contributed by atoms with van der Waals surface area (Å²) >= 11 is 0. The maximum absolute atomic E-state index is 12.2. The van der Waals surface area contributed by atoms with Gasteiger partial charge in [-0.3, -0.25) is 14.4 Å². The molecule has 1 aromatic heterocycles. The summed E-state index contributed by atoms with van der Waals surface area (Å²) in [7, 11) is 0.379. The monoisotopic (exact) mass is 334 g/mol. The van der Waals surface area contributed by atoms with E-state index in [1.807, 2.05) is 7.05 Å². The molecular weight excluding hydrogens is 308 g/mol. The molecular formula is C16H26N4O2Si. The molecule has 1 N–H and O–H groups in total. The zero-order valence-corrected chi connectivity index (χ0v) is 15.5. The first-order valence-electron chi connectivity index (χ1n) is 8.01. The van der Waals surface area contributed by atoms with Gasteiger partial charge in [0.05, 0.1) is 13.2 Å². The Labute approximate surface area is 139 Å². The van der Waals surface area contributed by atoms with E-state index >= 15 is 0 Å². The summed E-state index contributed by atoms with van der Waals surface area (Å²) in [5, 5.41) is 7.18. The van der Waals surface area contributed by atoms with Crippen molar-refractivity contribution < 1.29 is 9.53 Å². The van der Waals surface area contributed by atoms with Gasteiger partial charge in [0, 0.05) is 39.3 Å². The zero-order valence-electron chi connectivity index (χ0n) is 14.5. The molecule has 1 fully saturated rings. The van der Waals surface area contributed by atoms with Gasteiger partial charge >= 0.3 is 0 Å². The highest BCUT2D eigenvalue weighted by molar-refractivity contribution is 6.83. The zero-order chi connectivity index (χ0) is 16.9. The SMILES string of the molecule is Cn1nc(C(=O)NCCN2CCOCC2)cc1C#C[Si](C)(C)C. The number of aromatic nitrogens is 2. The molecule has 0 spiro atoms. The van der Waals surface area contributed by atoms with Crippen LogP contribution in [-0.2, 0) is 11.8 Å². The second-order valence-corrected chi connectivity index (χ2v) is 11.5. The Bertz CT molecular complexity index is 604. The van der Waals surface area contributed by atoms with Crippen LogP contribution in [0.15, 0.2) is 6.07 Å². The van der Waals surface area contributed by atoms with Crippen LogP contribution >= 0.6 is 0 Å². The summed E-state index contributed by atoms with van der Waals surface area (Å²) in [5.41, 5.74) is 4.50. The lowest BCUT2D eigenvalue weighted by Crippen LogP contribution is -2.41. The lowest BCUT2D eigenvalue weighted by molar-refractivity contribution is 0.0383. The standard InChI is InChI=1S/C16H26N4O2Si/c1-19-14(5-12-23(2,3)4)13-15(18-19)16(21)17-6-7-20-8-10-22-11-9-20/h13H,6-11H2,1-4H3,(H,17,21). The number of hydrogen-bond donors (Lipinski definition) is 1. The van der Waals surface area contributed by atoms with Crippen molar-refractivity contribution in [3.8, 4) is 11.5 Å². The molecule has 1 aliphatic heterocycles. The van der Waals surface area contributed by atoms with Gasteiger partial charge in [-0.1, -0.05) is 25.6 Å². The number of carbonyl (C=O) groups excluding carboxylic acids is 1. The Balaban J connectivity index is 1.88. The molecule has 1 aromatic rings. The molecule has 2 heterocycles. The van der Waals surface area contributed by atoms with Crippen molar-refractivity contribution in [1.29, 1.82) is 0 Å². The fourth-order valence-corrected chi connectivity index (χ4v) is 2.69. The number of nitrogens with zero attached hydrogens (tertiary/aromatic N) is 3. The van der Waals surface area contributed by atoms with Crippen LogP contribution in [0, 0.1) is 11.5 Å². The minimum absolute atomic E-state index is 0.144. The third kappa shape index (κ3) is 5.82. The van der Waals surface area contributed by atoms with E-state index in [9.17, 15) is 4.79 Å². The number of nitrogens with one attached hydrogen (secondary N) is 1. The van der Waals surface area contributed by atoms with Crippen LogP contribution < -0.4 is 5.32 Å². The van der Waals surface area contributed by atoms with Gasteiger partial charge in [-0.15, -0.1) is 5.54 Å². The second-order valence-electron chi connectivity index (χ2n) is 6.75. The molecule has 0 bridgehead atoms. The Morgan fingerprint density at radius 1 is 1.39 bits per heavy atom. The van der Waals surface area contributed by atoms with E-state index < -0.39 is 8.07 Å². The first-order chi connectivity index (χ1) is 10.8. The predicted molar refractivity (Wildman–Crippen MR) is 93.0 cm³/mol. The molecule has 1 aliphatic rings. The molecule has 0 saturated carbocycles. The van der Waals surface area contributed by atoms with Crippen LogP contribution in [0.5, 0.6) is 0 Å². The van der Waals surface area contributed by atoms with E-state index in [0.29, 0.717) is 12.2 Å².